The van der Waals surface area contributed by atoms with Crippen LogP contribution in [0.15, 0.2) is 18.2 Å². The summed E-state index contributed by atoms with van der Waals surface area (Å²) in [5, 5.41) is 11.8. The molecule has 1 atom stereocenters. The van der Waals surface area contributed by atoms with E-state index in [9.17, 15) is 49.8 Å². The third-order valence-electron chi connectivity index (χ3n) is 4.29. The normalized spacial score (nSPS) is 13.3. The molecule has 0 radical (unpaired) electrons. The number of alkyl halides is 3. The summed E-state index contributed by atoms with van der Waals surface area (Å²) in [5.74, 6) is -16.8. The van der Waals surface area contributed by atoms with Crippen molar-refractivity contribution < 1.29 is 59.3 Å². The minimum absolute atomic E-state index is 0.457. The molecule has 2 aromatic carbocycles. The molecule has 0 aliphatic carbocycles. The summed E-state index contributed by atoms with van der Waals surface area (Å²) in [6.45, 7) is 0.678. The van der Waals surface area contributed by atoms with Crippen molar-refractivity contribution in [3.8, 4) is 5.75 Å². The number of amides is 1. The van der Waals surface area contributed by atoms with Crippen LogP contribution < -0.4 is 10.1 Å². The highest BCUT2D eigenvalue weighted by Crippen LogP contribution is 2.42. The molecule has 0 heterocycles. The highest BCUT2D eigenvalue weighted by molar-refractivity contribution is 6.05. The van der Waals surface area contributed by atoms with E-state index in [0.717, 1.165) is 7.11 Å². The SMILES string of the molecule is CCOC(=O)[C@](O)(c1ccc(NC(=O)c2c(F)c(F)c(F)c(F)c2F)c(OC)c1)C(F)(F)F. The second-order valence-electron chi connectivity index (χ2n) is 6.24. The van der Waals surface area contributed by atoms with Crippen LogP contribution in [0.3, 0.4) is 0 Å². The number of aliphatic hydroxyl groups is 1. The zero-order valence-corrected chi connectivity index (χ0v) is 16.5. The van der Waals surface area contributed by atoms with Gasteiger partial charge in [0.2, 0.25) is 5.82 Å². The Morgan fingerprint density at radius 1 is 0.970 bits per heavy atom. The molecule has 14 heteroatoms. The number of esters is 1. The summed E-state index contributed by atoms with van der Waals surface area (Å²) in [7, 11) is 0.879. The molecule has 0 fully saturated rings. The molecular formula is C19H13F8NO5. The maximum absolute atomic E-state index is 13.8. The van der Waals surface area contributed by atoms with E-state index in [2.05, 4.69) is 4.74 Å². The highest BCUT2D eigenvalue weighted by Gasteiger charge is 2.62. The number of anilines is 1. The van der Waals surface area contributed by atoms with Crippen molar-refractivity contribution in [2.45, 2.75) is 18.7 Å². The molecule has 0 spiro atoms. The number of hydrogen-bond acceptors (Lipinski definition) is 5. The number of halogens is 8. The summed E-state index contributed by atoms with van der Waals surface area (Å²) < 4.78 is 117. The van der Waals surface area contributed by atoms with E-state index in [-0.39, 0.29) is 0 Å². The Labute approximate surface area is 179 Å². The van der Waals surface area contributed by atoms with E-state index < -0.39 is 81.9 Å². The topological polar surface area (TPSA) is 84.9 Å². The summed E-state index contributed by atoms with van der Waals surface area (Å²) >= 11 is 0. The van der Waals surface area contributed by atoms with Gasteiger partial charge >= 0.3 is 12.1 Å². The van der Waals surface area contributed by atoms with Crippen molar-refractivity contribution in [3.63, 3.8) is 0 Å². The van der Waals surface area contributed by atoms with Gasteiger partial charge in [-0.25, -0.2) is 26.7 Å². The fraction of sp³-hybridized carbons (Fsp3) is 0.263. The van der Waals surface area contributed by atoms with E-state index >= 15 is 0 Å². The summed E-state index contributed by atoms with van der Waals surface area (Å²) in [6.07, 6.45) is -5.57. The Kier molecular flexibility index (Phi) is 7.21. The van der Waals surface area contributed by atoms with Gasteiger partial charge in [0.15, 0.2) is 23.3 Å². The van der Waals surface area contributed by atoms with Gasteiger partial charge in [-0.1, -0.05) is 6.07 Å². The Morgan fingerprint density at radius 3 is 1.94 bits per heavy atom. The van der Waals surface area contributed by atoms with E-state index in [4.69, 9.17) is 4.74 Å². The predicted molar refractivity (Wildman–Crippen MR) is 93.8 cm³/mol. The summed E-state index contributed by atoms with van der Waals surface area (Å²) in [6, 6.07) is 1.59. The Bertz CT molecular complexity index is 1080. The van der Waals surface area contributed by atoms with E-state index in [1.165, 1.54) is 6.92 Å². The first kappa shape index (κ1) is 25.8. The first-order chi connectivity index (χ1) is 15.2. The third-order valence-corrected chi connectivity index (χ3v) is 4.29. The lowest BCUT2D eigenvalue weighted by Gasteiger charge is -2.29. The van der Waals surface area contributed by atoms with Gasteiger partial charge in [-0.05, 0) is 19.1 Å². The molecule has 0 aromatic heterocycles. The average molecular weight is 487 g/mol. The molecule has 0 unspecified atom stereocenters. The molecule has 0 saturated heterocycles. The van der Waals surface area contributed by atoms with Crippen LogP contribution in [0, 0.1) is 29.1 Å². The molecular weight excluding hydrogens is 474 g/mol. The number of rotatable bonds is 6. The molecule has 2 N–H and O–H groups in total. The Morgan fingerprint density at radius 2 is 1.48 bits per heavy atom. The molecule has 0 aliphatic heterocycles. The maximum Gasteiger partial charge on any atom is 0.432 e. The molecule has 2 aromatic rings. The van der Waals surface area contributed by atoms with Gasteiger partial charge in [0.1, 0.15) is 11.3 Å². The van der Waals surface area contributed by atoms with Crippen LogP contribution in [0.2, 0.25) is 0 Å². The average Bonchev–Trinajstić information content (AvgIpc) is 2.75. The maximum atomic E-state index is 13.8. The van der Waals surface area contributed by atoms with Crippen molar-refractivity contribution in [2.75, 3.05) is 19.0 Å². The molecule has 180 valence electrons. The quantitative estimate of drug-likeness (QED) is 0.279. The van der Waals surface area contributed by atoms with Gasteiger partial charge in [-0.3, -0.25) is 4.79 Å². The first-order valence-corrected chi connectivity index (χ1v) is 8.69. The second kappa shape index (κ2) is 9.21. The molecule has 6 nitrogen and oxygen atoms in total. The molecule has 0 aliphatic rings. The lowest BCUT2D eigenvalue weighted by Crippen LogP contribution is -2.50. The van der Waals surface area contributed by atoms with E-state index in [1.807, 2.05) is 0 Å². The van der Waals surface area contributed by atoms with Gasteiger partial charge < -0.3 is 19.9 Å². The van der Waals surface area contributed by atoms with Crippen LogP contribution in [0.4, 0.5) is 40.8 Å². The largest absolute Gasteiger partial charge is 0.495 e. The molecule has 33 heavy (non-hydrogen) atoms. The number of hydrogen-bond donors (Lipinski definition) is 2. The minimum atomic E-state index is -5.57. The van der Waals surface area contributed by atoms with Gasteiger partial charge in [0.05, 0.1) is 19.4 Å². The molecule has 2 rings (SSSR count). The standard InChI is InChI=1S/C19H13F8NO5/c1-3-33-17(30)18(31,19(25,26)27)7-4-5-8(9(6-7)32-2)28-16(29)10-11(20)13(22)15(24)14(23)12(10)21/h4-6,31H,3H2,1-2H3,(H,28,29)/t18-/m1/s1. The fourth-order valence-electron chi connectivity index (χ4n) is 2.64. The molecule has 1 amide bonds. The lowest BCUT2D eigenvalue weighted by atomic mass is 9.92. The highest BCUT2D eigenvalue weighted by atomic mass is 19.4. The van der Waals surface area contributed by atoms with Crippen LogP contribution >= 0.6 is 0 Å². The van der Waals surface area contributed by atoms with Crippen LogP contribution in [-0.2, 0) is 15.1 Å². The Hall–Kier alpha value is -3.42. The number of benzene rings is 2. The number of carbonyl (C=O) groups is 2. The number of ether oxygens (including phenoxy) is 2. The summed E-state index contributed by atoms with van der Waals surface area (Å²) in [4.78, 5) is 24.0. The van der Waals surface area contributed by atoms with Gasteiger partial charge in [0.25, 0.3) is 11.5 Å². The zero-order valence-electron chi connectivity index (χ0n) is 16.5. The van der Waals surface area contributed by atoms with Crippen molar-refractivity contribution >= 4 is 17.6 Å². The number of nitrogens with one attached hydrogen (secondary N) is 1. The zero-order chi connectivity index (χ0) is 25.3. The van der Waals surface area contributed by atoms with Gasteiger partial charge in [-0.2, -0.15) is 13.2 Å². The second-order valence-corrected chi connectivity index (χ2v) is 6.24. The van der Waals surface area contributed by atoms with Crippen LogP contribution in [-0.4, -0.2) is 36.9 Å². The van der Waals surface area contributed by atoms with Crippen LogP contribution in [0.5, 0.6) is 5.75 Å². The van der Waals surface area contributed by atoms with Crippen LogP contribution in [0.1, 0.15) is 22.8 Å². The number of carbonyl (C=O) groups excluding carboxylic acids is 2. The van der Waals surface area contributed by atoms with Crippen molar-refractivity contribution in [2.24, 2.45) is 0 Å². The summed E-state index contributed by atoms with van der Waals surface area (Å²) in [5.41, 5.74) is -7.72. The van der Waals surface area contributed by atoms with Gasteiger partial charge in [-0.15, -0.1) is 0 Å². The predicted octanol–water partition coefficient (Wildman–Crippen LogP) is 3.96. The fourth-order valence-corrected chi connectivity index (χ4v) is 2.64. The van der Waals surface area contributed by atoms with Gasteiger partial charge in [0, 0.05) is 5.56 Å². The van der Waals surface area contributed by atoms with Crippen molar-refractivity contribution in [3.05, 3.63) is 58.4 Å². The van der Waals surface area contributed by atoms with E-state index in [1.54, 1.807) is 5.32 Å². The third kappa shape index (κ3) is 4.42. The van der Waals surface area contributed by atoms with Crippen molar-refractivity contribution in [1.82, 2.24) is 0 Å². The smallest absolute Gasteiger partial charge is 0.432 e. The Balaban J connectivity index is 2.54. The monoisotopic (exact) mass is 487 g/mol. The van der Waals surface area contributed by atoms with Crippen molar-refractivity contribution in [1.29, 1.82) is 0 Å². The van der Waals surface area contributed by atoms with Crippen LogP contribution in [0.25, 0.3) is 0 Å². The lowest BCUT2D eigenvalue weighted by molar-refractivity contribution is -0.267. The van der Waals surface area contributed by atoms with E-state index in [0.29, 0.717) is 18.2 Å². The number of methoxy groups -OCH3 is 1. The molecule has 0 saturated carbocycles. The first-order valence-electron chi connectivity index (χ1n) is 8.69. The minimum Gasteiger partial charge on any atom is -0.495 e. The molecule has 0 bridgehead atoms.